The monoisotopic (exact) mass is 472 g/mol. The van der Waals surface area contributed by atoms with Gasteiger partial charge in [0.15, 0.2) is 5.11 Å². The number of aryl methyl sites for hydroxylation is 1. The van der Waals surface area contributed by atoms with Crippen LogP contribution in [0.25, 0.3) is 5.69 Å². The van der Waals surface area contributed by atoms with Crippen LogP contribution in [0, 0.1) is 13.8 Å². The van der Waals surface area contributed by atoms with Crippen LogP contribution in [-0.2, 0) is 6.54 Å². The summed E-state index contributed by atoms with van der Waals surface area (Å²) < 4.78 is 2.28. The third kappa shape index (κ3) is 4.14. The highest BCUT2D eigenvalue weighted by molar-refractivity contribution is 7.80. The van der Waals surface area contributed by atoms with Gasteiger partial charge in [-0.1, -0.05) is 48.0 Å². The summed E-state index contributed by atoms with van der Waals surface area (Å²) in [6.07, 6.45) is 1.84. The lowest BCUT2D eigenvalue weighted by Gasteiger charge is -2.28. The van der Waals surface area contributed by atoms with E-state index in [9.17, 15) is 0 Å². The summed E-state index contributed by atoms with van der Waals surface area (Å²) in [6.45, 7) is 5.04. The number of thiocarbonyl (C=S) groups is 1. The zero-order chi connectivity index (χ0) is 22.9. The van der Waals surface area contributed by atoms with E-state index in [2.05, 4.69) is 82.1 Å². The van der Waals surface area contributed by atoms with Crippen LogP contribution in [0.1, 0.15) is 40.3 Å². The number of aromatic nitrogens is 2. The Balaban J connectivity index is 1.61. The molecule has 0 radical (unpaired) electrons. The first-order chi connectivity index (χ1) is 16.0. The van der Waals surface area contributed by atoms with E-state index in [4.69, 9.17) is 23.8 Å². The van der Waals surface area contributed by atoms with Crippen LogP contribution >= 0.6 is 23.8 Å². The predicted octanol–water partition coefficient (Wildman–Crippen LogP) is 6.32. The van der Waals surface area contributed by atoms with Gasteiger partial charge in [-0.2, -0.15) is 0 Å². The molecule has 1 saturated heterocycles. The molecule has 33 heavy (non-hydrogen) atoms. The maximum absolute atomic E-state index is 6.14. The average molecular weight is 473 g/mol. The Hall–Kier alpha value is -3.15. The van der Waals surface area contributed by atoms with Gasteiger partial charge in [-0.3, -0.25) is 4.98 Å². The van der Waals surface area contributed by atoms with Gasteiger partial charge >= 0.3 is 0 Å². The Bertz CT molecular complexity index is 1270. The highest BCUT2D eigenvalue weighted by Gasteiger charge is 2.41. The second-order valence-corrected chi connectivity index (χ2v) is 9.20. The van der Waals surface area contributed by atoms with E-state index in [1.165, 1.54) is 22.5 Å². The van der Waals surface area contributed by atoms with E-state index in [1.807, 2.05) is 36.5 Å². The summed E-state index contributed by atoms with van der Waals surface area (Å²) in [5.41, 5.74) is 6.89. The maximum Gasteiger partial charge on any atom is 0.170 e. The number of hydrogen-bond donors (Lipinski definition) is 1. The van der Waals surface area contributed by atoms with Crippen molar-refractivity contribution in [1.29, 1.82) is 0 Å². The minimum atomic E-state index is -0.0402. The molecule has 1 fully saturated rings. The molecular weight excluding hydrogens is 448 g/mol. The predicted molar refractivity (Wildman–Crippen MR) is 138 cm³/mol. The molecule has 0 aliphatic carbocycles. The van der Waals surface area contributed by atoms with Crippen molar-refractivity contribution in [3.8, 4) is 5.69 Å². The quantitative estimate of drug-likeness (QED) is 0.345. The number of nitrogens with zero attached hydrogens (tertiary/aromatic N) is 3. The lowest BCUT2D eigenvalue weighted by atomic mass is 9.96. The van der Waals surface area contributed by atoms with Gasteiger partial charge in [0.1, 0.15) is 0 Å². The molecular formula is C27H25ClN4S. The topological polar surface area (TPSA) is 33.1 Å². The molecule has 3 heterocycles. The first-order valence-corrected chi connectivity index (χ1v) is 11.8. The summed E-state index contributed by atoms with van der Waals surface area (Å²) in [5.74, 6) is 0. The minimum Gasteiger partial charge on any atom is -0.352 e. The third-order valence-electron chi connectivity index (χ3n) is 6.27. The van der Waals surface area contributed by atoms with Crippen LogP contribution in [-0.4, -0.2) is 19.6 Å². The first-order valence-electron chi connectivity index (χ1n) is 11.0. The standard InChI is InChI=1S/C27H25ClN4S/c1-18-16-23(19(2)32(18)22-13-11-21(28)12-14-22)26-25(24-10-6-7-15-29-24)30-27(33)31(26)17-20-8-4-3-5-9-20/h3-16,25-26H,17H2,1-2H3,(H,30,33)/t25-,26-/m1/s1. The molecule has 4 aromatic rings. The Morgan fingerprint density at radius 1 is 0.970 bits per heavy atom. The number of benzene rings is 2. The number of nitrogens with one attached hydrogen (secondary N) is 1. The summed E-state index contributed by atoms with van der Waals surface area (Å²) in [7, 11) is 0. The van der Waals surface area contributed by atoms with Crippen molar-refractivity contribution < 1.29 is 0 Å². The molecule has 4 nitrogen and oxygen atoms in total. The molecule has 0 saturated carbocycles. The van der Waals surface area contributed by atoms with Gasteiger partial charge in [-0.25, -0.2) is 0 Å². The molecule has 0 bridgehead atoms. The zero-order valence-corrected chi connectivity index (χ0v) is 20.1. The van der Waals surface area contributed by atoms with Gasteiger partial charge in [-0.05, 0) is 79.7 Å². The minimum absolute atomic E-state index is 0.0138. The fraction of sp³-hybridized carbons (Fsp3) is 0.185. The van der Waals surface area contributed by atoms with Crippen LogP contribution in [0.3, 0.4) is 0 Å². The Kier molecular flexibility index (Phi) is 5.92. The highest BCUT2D eigenvalue weighted by atomic mass is 35.5. The fourth-order valence-corrected chi connectivity index (χ4v) is 5.20. The zero-order valence-electron chi connectivity index (χ0n) is 18.6. The van der Waals surface area contributed by atoms with Gasteiger partial charge in [-0.15, -0.1) is 0 Å². The molecule has 0 spiro atoms. The van der Waals surface area contributed by atoms with E-state index in [-0.39, 0.29) is 12.1 Å². The maximum atomic E-state index is 6.14. The number of hydrogen-bond acceptors (Lipinski definition) is 2. The third-order valence-corrected chi connectivity index (χ3v) is 6.87. The fourth-order valence-electron chi connectivity index (χ4n) is 4.77. The van der Waals surface area contributed by atoms with Crippen LogP contribution in [0.2, 0.25) is 5.02 Å². The van der Waals surface area contributed by atoms with Crippen LogP contribution in [0.15, 0.2) is 85.1 Å². The van der Waals surface area contributed by atoms with Gasteiger partial charge in [0.05, 0.1) is 17.8 Å². The van der Waals surface area contributed by atoms with Crippen LogP contribution in [0.4, 0.5) is 0 Å². The van der Waals surface area contributed by atoms with E-state index in [0.717, 1.165) is 28.1 Å². The van der Waals surface area contributed by atoms with E-state index in [1.54, 1.807) is 0 Å². The Morgan fingerprint density at radius 3 is 2.39 bits per heavy atom. The van der Waals surface area contributed by atoms with Crippen LogP contribution in [0.5, 0.6) is 0 Å². The second kappa shape index (κ2) is 9.00. The van der Waals surface area contributed by atoms with Crippen molar-refractivity contribution in [2.24, 2.45) is 0 Å². The van der Waals surface area contributed by atoms with E-state index >= 15 is 0 Å². The average Bonchev–Trinajstić information content (AvgIpc) is 3.31. The summed E-state index contributed by atoms with van der Waals surface area (Å²) in [5, 5.41) is 5.04. The van der Waals surface area contributed by atoms with E-state index < -0.39 is 0 Å². The number of pyridine rings is 1. The van der Waals surface area contributed by atoms with Gasteiger partial charge in [0.25, 0.3) is 0 Å². The smallest absolute Gasteiger partial charge is 0.170 e. The second-order valence-electron chi connectivity index (χ2n) is 8.38. The summed E-state index contributed by atoms with van der Waals surface area (Å²) >= 11 is 12.0. The van der Waals surface area contributed by atoms with Crippen molar-refractivity contribution in [3.63, 3.8) is 0 Å². The molecule has 6 heteroatoms. The molecule has 2 atom stereocenters. The molecule has 5 rings (SSSR count). The Labute approximate surface area is 204 Å². The lowest BCUT2D eigenvalue weighted by Crippen LogP contribution is -2.29. The molecule has 2 aromatic heterocycles. The van der Waals surface area contributed by atoms with Gasteiger partial charge in [0, 0.05) is 34.8 Å². The van der Waals surface area contributed by atoms with Gasteiger partial charge < -0.3 is 14.8 Å². The van der Waals surface area contributed by atoms with E-state index in [0.29, 0.717) is 0 Å². The number of rotatable bonds is 5. The molecule has 1 aliphatic rings. The first kappa shape index (κ1) is 21.7. The summed E-state index contributed by atoms with van der Waals surface area (Å²) in [6, 6.07) is 26.7. The molecule has 0 unspecified atom stereocenters. The molecule has 1 N–H and O–H groups in total. The Morgan fingerprint density at radius 2 is 1.70 bits per heavy atom. The lowest BCUT2D eigenvalue weighted by molar-refractivity contribution is 0.310. The summed E-state index contributed by atoms with van der Waals surface area (Å²) in [4.78, 5) is 6.96. The van der Waals surface area contributed by atoms with Crippen LogP contribution < -0.4 is 5.32 Å². The van der Waals surface area contributed by atoms with Crippen molar-refractivity contribution in [1.82, 2.24) is 19.8 Å². The van der Waals surface area contributed by atoms with Crippen molar-refractivity contribution in [3.05, 3.63) is 118 Å². The van der Waals surface area contributed by atoms with Crippen molar-refractivity contribution in [2.75, 3.05) is 0 Å². The highest BCUT2D eigenvalue weighted by Crippen LogP contribution is 2.42. The van der Waals surface area contributed by atoms with Gasteiger partial charge in [0.2, 0.25) is 0 Å². The van der Waals surface area contributed by atoms with Crippen molar-refractivity contribution in [2.45, 2.75) is 32.5 Å². The largest absolute Gasteiger partial charge is 0.352 e. The molecule has 166 valence electrons. The normalized spacial score (nSPS) is 17.9. The SMILES string of the molecule is Cc1cc([C@@H]2[C@@H](c3ccccn3)NC(=S)N2Cc2ccccc2)c(C)n1-c1ccc(Cl)cc1. The molecule has 1 aliphatic heterocycles. The number of halogens is 1. The molecule has 2 aromatic carbocycles. The molecule has 0 amide bonds. The van der Waals surface area contributed by atoms with Crippen molar-refractivity contribution >= 4 is 28.9 Å².